The number of carbonyl (C=O) groups is 1. The maximum atomic E-state index is 11.5. The van der Waals surface area contributed by atoms with Crippen molar-refractivity contribution in [2.45, 2.75) is 5.16 Å². The van der Waals surface area contributed by atoms with Crippen LogP contribution in [0, 0.1) is 0 Å². The van der Waals surface area contributed by atoms with Crippen LogP contribution in [0.4, 0.5) is 0 Å². The average molecular weight is 266 g/mol. The molecule has 0 bridgehead atoms. The number of carbonyl (C=O) groups excluding carboxylic acids is 1. The third-order valence-electron chi connectivity index (χ3n) is 2.24. The van der Waals surface area contributed by atoms with Crippen LogP contribution in [0.3, 0.4) is 0 Å². The molecule has 2 aromatic rings. The largest absolute Gasteiger partial charge is 0.383 e. The molecule has 0 spiro atoms. The Hall–Kier alpha value is -1.60. The van der Waals surface area contributed by atoms with Gasteiger partial charge in [0.2, 0.25) is 5.91 Å². The van der Waals surface area contributed by atoms with Gasteiger partial charge in [0.05, 0.1) is 12.4 Å². The molecule has 0 aliphatic heterocycles. The normalized spacial score (nSPS) is 10.7. The number of nitrogens with zero attached hydrogens (tertiary/aromatic N) is 3. The summed E-state index contributed by atoms with van der Waals surface area (Å²) in [6, 6.07) is 5.67. The summed E-state index contributed by atoms with van der Waals surface area (Å²) < 4.78 is 6.71. The van der Waals surface area contributed by atoms with Crippen LogP contribution in [0.15, 0.2) is 29.6 Å². The van der Waals surface area contributed by atoms with Crippen molar-refractivity contribution >= 4 is 23.3 Å². The van der Waals surface area contributed by atoms with E-state index in [0.717, 1.165) is 5.65 Å². The van der Waals surface area contributed by atoms with Gasteiger partial charge in [-0.15, -0.1) is 10.2 Å². The number of fused-ring (bicyclic) bond motifs is 1. The Morgan fingerprint density at radius 3 is 3.22 bits per heavy atom. The van der Waals surface area contributed by atoms with Crippen LogP contribution in [0.2, 0.25) is 0 Å². The molecule has 0 aromatic carbocycles. The summed E-state index contributed by atoms with van der Waals surface area (Å²) in [7, 11) is 1.60. The molecular weight excluding hydrogens is 252 g/mol. The Morgan fingerprint density at radius 1 is 1.50 bits per heavy atom. The molecule has 0 saturated heterocycles. The van der Waals surface area contributed by atoms with Crippen LogP contribution in [0.5, 0.6) is 0 Å². The predicted molar refractivity (Wildman–Crippen MR) is 68.6 cm³/mol. The number of aromatic nitrogens is 3. The van der Waals surface area contributed by atoms with Crippen LogP contribution >= 0.6 is 11.8 Å². The fourth-order valence-corrected chi connectivity index (χ4v) is 2.15. The molecule has 0 atom stereocenters. The number of hydrogen-bond acceptors (Lipinski definition) is 5. The van der Waals surface area contributed by atoms with Crippen LogP contribution < -0.4 is 5.32 Å². The lowest BCUT2D eigenvalue weighted by Gasteiger charge is -2.03. The molecule has 1 N–H and O–H groups in total. The monoisotopic (exact) mass is 266 g/mol. The van der Waals surface area contributed by atoms with E-state index in [-0.39, 0.29) is 5.91 Å². The molecule has 0 fully saturated rings. The molecular formula is C11H14N4O2S. The number of ether oxygens (including phenoxy) is 1. The van der Waals surface area contributed by atoms with E-state index in [9.17, 15) is 4.79 Å². The van der Waals surface area contributed by atoms with Crippen LogP contribution in [0.1, 0.15) is 0 Å². The Labute approximate surface area is 109 Å². The topological polar surface area (TPSA) is 68.5 Å². The standard InChI is InChI=1S/C11H14N4O2S/c1-17-7-5-12-10(16)8-18-11-14-13-9-4-2-3-6-15(9)11/h2-4,6H,5,7-8H2,1H3,(H,12,16). The molecule has 0 aliphatic rings. The minimum absolute atomic E-state index is 0.0373. The highest BCUT2D eigenvalue weighted by Crippen LogP contribution is 2.15. The lowest BCUT2D eigenvalue weighted by atomic mass is 10.5. The first-order valence-electron chi connectivity index (χ1n) is 5.49. The number of pyridine rings is 1. The maximum Gasteiger partial charge on any atom is 0.230 e. The smallest absolute Gasteiger partial charge is 0.230 e. The van der Waals surface area contributed by atoms with Gasteiger partial charge >= 0.3 is 0 Å². The summed E-state index contributed by atoms with van der Waals surface area (Å²) in [5, 5.41) is 11.5. The number of amides is 1. The average Bonchev–Trinajstić information content (AvgIpc) is 2.80. The lowest BCUT2D eigenvalue weighted by Crippen LogP contribution is -2.28. The molecule has 18 heavy (non-hydrogen) atoms. The Morgan fingerprint density at radius 2 is 2.39 bits per heavy atom. The number of nitrogens with one attached hydrogen (secondary N) is 1. The van der Waals surface area contributed by atoms with Crippen molar-refractivity contribution in [2.24, 2.45) is 0 Å². The van der Waals surface area contributed by atoms with Gasteiger partial charge in [-0.25, -0.2) is 0 Å². The maximum absolute atomic E-state index is 11.5. The summed E-state index contributed by atoms with van der Waals surface area (Å²) in [4.78, 5) is 11.5. The van der Waals surface area contributed by atoms with Crippen molar-refractivity contribution in [3.8, 4) is 0 Å². The molecule has 0 unspecified atom stereocenters. The third-order valence-corrected chi connectivity index (χ3v) is 3.19. The molecule has 2 aromatic heterocycles. The Bertz CT molecular complexity index is 528. The van der Waals surface area contributed by atoms with Gasteiger partial charge in [-0.1, -0.05) is 17.8 Å². The van der Waals surface area contributed by atoms with Crippen molar-refractivity contribution in [3.63, 3.8) is 0 Å². The number of rotatable bonds is 6. The lowest BCUT2D eigenvalue weighted by molar-refractivity contribution is -0.118. The molecule has 0 saturated carbocycles. The van der Waals surface area contributed by atoms with Crippen molar-refractivity contribution in [2.75, 3.05) is 26.0 Å². The van der Waals surface area contributed by atoms with Crippen molar-refractivity contribution in [3.05, 3.63) is 24.4 Å². The molecule has 96 valence electrons. The van der Waals surface area contributed by atoms with E-state index < -0.39 is 0 Å². The van der Waals surface area contributed by atoms with Gasteiger partial charge in [0, 0.05) is 19.9 Å². The van der Waals surface area contributed by atoms with Crippen LogP contribution in [0.25, 0.3) is 5.65 Å². The Balaban J connectivity index is 1.88. The first-order valence-corrected chi connectivity index (χ1v) is 6.48. The van der Waals surface area contributed by atoms with E-state index in [1.807, 2.05) is 28.8 Å². The van der Waals surface area contributed by atoms with Gasteiger partial charge in [0.25, 0.3) is 0 Å². The second kappa shape index (κ2) is 6.36. The second-order valence-corrected chi connectivity index (χ2v) is 4.49. The Kier molecular flexibility index (Phi) is 4.54. The minimum Gasteiger partial charge on any atom is -0.383 e. The van der Waals surface area contributed by atoms with Gasteiger partial charge in [0.1, 0.15) is 0 Å². The quantitative estimate of drug-likeness (QED) is 0.612. The molecule has 1 amide bonds. The van der Waals surface area contributed by atoms with Crippen LogP contribution in [-0.4, -0.2) is 46.5 Å². The fraction of sp³-hybridized carbons (Fsp3) is 0.364. The van der Waals surface area contributed by atoms with Gasteiger partial charge in [0.15, 0.2) is 10.8 Å². The minimum atomic E-state index is -0.0373. The molecule has 0 radical (unpaired) electrons. The zero-order valence-corrected chi connectivity index (χ0v) is 10.8. The summed E-state index contributed by atoms with van der Waals surface area (Å²) in [5.41, 5.74) is 0.778. The first kappa shape index (κ1) is 12.8. The highest BCUT2D eigenvalue weighted by Gasteiger charge is 2.08. The first-order chi connectivity index (χ1) is 8.81. The van der Waals surface area contributed by atoms with Crippen molar-refractivity contribution in [1.29, 1.82) is 0 Å². The fourth-order valence-electron chi connectivity index (χ4n) is 1.39. The number of hydrogen-bond donors (Lipinski definition) is 1. The van der Waals surface area contributed by atoms with Crippen molar-refractivity contribution < 1.29 is 9.53 Å². The van der Waals surface area contributed by atoms with Crippen LogP contribution in [-0.2, 0) is 9.53 Å². The van der Waals surface area contributed by atoms with E-state index in [1.54, 1.807) is 7.11 Å². The van der Waals surface area contributed by atoms with E-state index in [2.05, 4.69) is 15.5 Å². The van der Waals surface area contributed by atoms with E-state index >= 15 is 0 Å². The van der Waals surface area contributed by atoms with E-state index in [0.29, 0.717) is 24.1 Å². The molecule has 6 nitrogen and oxygen atoms in total. The number of methoxy groups -OCH3 is 1. The highest BCUT2D eigenvalue weighted by molar-refractivity contribution is 7.99. The van der Waals surface area contributed by atoms with Gasteiger partial charge in [-0.3, -0.25) is 9.20 Å². The SMILES string of the molecule is COCCNC(=O)CSc1nnc2ccccn12. The molecule has 2 rings (SSSR count). The third kappa shape index (κ3) is 3.21. The molecule has 2 heterocycles. The molecule has 7 heteroatoms. The van der Waals surface area contributed by atoms with Gasteiger partial charge < -0.3 is 10.1 Å². The molecule has 0 aliphatic carbocycles. The summed E-state index contributed by atoms with van der Waals surface area (Å²) in [6.07, 6.45) is 1.88. The summed E-state index contributed by atoms with van der Waals surface area (Å²) in [5.74, 6) is 0.282. The van der Waals surface area contributed by atoms with Crippen molar-refractivity contribution in [1.82, 2.24) is 19.9 Å². The number of thioether (sulfide) groups is 1. The van der Waals surface area contributed by atoms with E-state index in [4.69, 9.17) is 4.74 Å². The summed E-state index contributed by atoms with van der Waals surface area (Å²) in [6.45, 7) is 1.04. The highest BCUT2D eigenvalue weighted by atomic mass is 32.2. The second-order valence-electron chi connectivity index (χ2n) is 3.54. The summed E-state index contributed by atoms with van der Waals surface area (Å²) >= 11 is 1.36. The van der Waals surface area contributed by atoms with E-state index in [1.165, 1.54) is 11.8 Å². The zero-order chi connectivity index (χ0) is 12.8. The predicted octanol–water partition coefficient (Wildman–Crippen LogP) is 0.584. The zero-order valence-electron chi connectivity index (χ0n) is 10.00. The van der Waals surface area contributed by atoms with Gasteiger partial charge in [-0.05, 0) is 12.1 Å². The van der Waals surface area contributed by atoms with Gasteiger partial charge in [-0.2, -0.15) is 0 Å².